The van der Waals surface area contributed by atoms with E-state index in [-0.39, 0.29) is 21.1 Å². The third kappa shape index (κ3) is 1.93. The van der Waals surface area contributed by atoms with Gasteiger partial charge in [0.15, 0.2) is 0 Å². The smallest absolute Gasteiger partial charge is 0.0797 e. The zero-order valence-corrected chi connectivity index (χ0v) is 6.14. The van der Waals surface area contributed by atoms with Crippen LogP contribution in [0.25, 0.3) is 0 Å². The van der Waals surface area contributed by atoms with Crippen molar-refractivity contribution >= 4 is 6.34 Å². The van der Waals surface area contributed by atoms with Crippen molar-refractivity contribution in [2.45, 2.75) is 0 Å². The van der Waals surface area contributed by atoms with Gasteiger partial charge in [0.2, 0.25) is 0 Å². The normalized spacial score (nSPS) is 15.9. The summed E-state index contributed by atoms with van der Waals surface area (Å²) in [6.45, 7) is 1.76. The van der Waals surface area contributed by atoms with Crippen LogP contribution in [-0.2, 0) is 21.1 Å². The van der Waals surface area contributed by atoms with Gasteiger partial charge in [0.1, 0.15) is 0 Å². The quantitative estimate of drug-likeness (QED) is 0.610. The van der Waals surface area contributed by atoms with E-state index in [1.54, 1.807) is 13.0 Å². The average Bonchev–Trinajstić information content (AvgIpc) is 1.86. The zero-order chi connectivity index (χ0) is 4.41. The number of hydrogen-bond acceptors (Lipinski definition) is 3. The average molecular weight is 279 g/mol. The Kier molecular flexibility index (Phi) is 3.01. The van der Waals surface area contributed by atoms with Crippen LogP contribution in [0.4, 0.5) is 0 Å². The Morgan fingerprint density at radius 1 is 1.86 bits per heavy atom. The fourth-order valence-electron chi connectivity index (χ4n) is 0.282. The first-order chi connectivity index (χ1) is 2.89. The molecule has 3 nitrogen and oxygen atoms in total. The van der Waals surface area contributed by atoms with Gasteiger partial charge in [-0.25, -0.2) is 5.10 Å². The molecule has 0 unspecified atom stereocenters. The summed E-state index contributed by atoms with van der Waals surface area (Å²) < 4.78 is 0. The molecule has 0 aromatic heterocycles. The molecule has 4 heteroatoms. The van der Waals surface area contributed by atoms with Gasteiger partial charge in [0, 0.05) is 21.1 Å². The van der Waals surface area contributed by atoms with Gasteiger partial charge in [0.25, 0.3) is 0 Å². The van der Waals surface area contributed by atoms with Gasteiger partial charge < -0.3 is 10.3 Å². The van der Waals surface area contributed by atoms with Crippen LogP contribution in [0.3, 0.4) is 0 Å². The van der Waals surface area contributed by atoms with Gasteiger partial charge in [0.05, 0.1) is 6.34 Å². The molecule has 0 radical (unpaired) electrons. The predicted molar refractivity (Wildman–Crippen MR) is 23.7 cm³/mol. The maximum absolute atomic E-state index is 3.66. The third-order valence-electron chi connectivity index (χ3n) is 0.576. The Bertz CT molecular complexity index is 72.6. The van der Waals surface area contributed by atoms with Crippen LogP contribution in [-0.4, -0.2) is 18.3 Å². The van der Waals surface area contributed by atoms with Gasteiger partial charge in [-0.1, -0.05) is 0 Å². The Morgan fingerprint density at radius 2 is 2.57 bits per heavy atom. The van der Waals surface area contributed by atoms with Crippen molar-refractivity contribution in [2.75, 3.05) is 7.05 Å². The van der Waals surface area contributed by atoms with Crippen LogP contribution in [0.15, 0.2) is 5.10 Å². The largest absolute Gasteiger partial charge is 0.494 e. The Labute approximate surface area is 57.0 Å². The molecule has 0 amide bonds. The Morgan fingerprint density at radius 3 is 2.71 bits per heavy atom. The SMILES string of the molecule is CN1C=NN[CH-]1.[Pt]. The molecule has 44 valence electrons. The van der Waals surface area contributed by atoms with E-state index in [4.69, 9.17) is 0 Å². The summed E-state index contributed by atoms with van der Waals surface area (Å²) in [4.78, 5) is 1.83. The standard InChI is InChI=1S/C3H6N3.Pt/c1-6-2-4-5-3-6;/h2-4H,1H3;/q-1;. The number of nitrogens with zero attached hydrogens (tertiary/aromatic N) is 2. The van der Waals surface area contributed by atoms with Crippen LogP contribution < -0.4 is 5.43 Å². The zero-order valence-electron chi connectivity index (χ0n) is 3.87. The Hall–Kier alpha value is -0.0417. The van der Waals surface area contributed by atoms with Crippen LogP contribution in [0.5, 0.6) is 0 Å². The van der Waals surface area contributed by atoms with Gasteiger partial charge in [-0.2, -0.15) is 0 Å². The maximum atomic E-state index is 3.66. The molecule has 0 saturated heterocycles. The molecule has 1 aliphatic heterocycles. The number of hydrazone groups is 1. The second-order valence-corrected chi connectivity index (χ2v) is 1.17. The van der Waals surface area contributed by atoms with E-state index >= 15 is 0 Å². The van der Waals surface area contributed by atoms with Crippen LogP contribution >= 0.6 is 0 Å². The molecule has 0 bridgehead atoms. The monoisotopic (exact) mass is 279 g/mol. The molecule has 0 aliphatic carbocycles. The van der Waals surface area contributed by atoms with Gasteiger partial charge in [-0.15, -0.1) is 6.67 Å². The van der Waals surface area contributed by atoms with E-state index in [1.807, 2.05) is 11.9 Å². The van der Waals surface area contributed by atoms with Crippen LogP contribution in [0.2, 0.25) is 0 Å². The summed E-state index contributed by atoms with van der Waals surface area (Å²) in [7, 11) is 1.91. The van der Waals surface area contributed by atoms with Crippen molar-refractivity contribution in [3.05, 3.63) is 6.67 Å². The van der Waals surface area contributed by atoms with E-state index in [2.05, 4.69) is 10.5 Å². The van der Waals surface area contributed by atoms with Gasteiger partial charge in [-0.05, 0) is 7.05 Å². The van der Waals surface area contributed by atoms with Crippen molar-refractivity contribution in [3.8, 4) is 0 Å². The number of nitrogens with one attached hydrogen (secondary N) is 1. The first-order valence-corrected chi connectivity index (χ1v) is 1.73. The molecule has 0 spiro atoms. The van der Waals surface area contributed by atoms with E-state index in [0.29, 0.717) is 0 Å². The summed E-state index contributed by atoms with van der Waals surface area (Å²) in [5.74, 6) is 0. The number of rotatable bonds is 0. The predicted octanol–water partition coefficient (Wildman–Crippen LogP) is -0.419. The fourth-order valence-corrected chi connectivity index (χ4v) is 0.282. The maximum Gasteiger partial charge on any atom is 0.0797 e. The second kappa shape index (κ2) is 3.03. The molecule has 1 aliphatic rings. The van der Waals surface area contributed by atoms with Crippen molar-refractivity contribution in [1.82, 2.24) is 10.3 Å². The summed E-state index contributed by atoms with van der Waals surface area (Å²) in [5.41, 5.74) is 2.64. The van der Waals surface area contributed by atoms with Crippen molar-refractivity contribution in [3.63, 3.8) is 0 Å². The topological polar surface area (TPSA) is 27.6 Å². The summed E-state index contributed by atoms with van der Waals surface area (Å²) in [6, 6.07) is 0. The molecule has 7 heavy (non-hydrogen) atoms. The minimum Gasteiger partial charge on any atom is -0.494 e. The molecule has 0 aromatic carbocycles. The van der Waals surface area contributed by atoms with Crippen LogP contribution in [0, 0.1) is 6.67 Å². The molecular weight excluding hydrogens is 273 g/mol. The van der Waals surface area contributed by atoms with Crippen molar-refractivity contribution < 1.29 is 21.1 Å². The summed E-state index contributed by atoms with van der Waals surface area (Å²) >= 11 is 0. The van der Waals surface area contributed by atoms with Crippen LogP contribution in [0.1, 0.15) is 0 Å². The van der Waals surface area contributed by atoms with E-state index < -0.39 is 0 Å². The van der Waals surface area contributed by atoms with E-state index in [9.17, 15) is 0 Å². The minimum absolute atomic E-state index is 0. The van der Waals surface area contributed by atoms with Gasteiger partial charge >= 0.3 is 0 Å². The first kappa shape index (κ1) is 6.96. The first-order valence-electron chi connectivity index (χ1n) is 1.73. The Balaban J connectivity index is 0.000000360. The number of hydrogen-bond donors (Lipinski definition) is 1. The summed E-state index contributed by atoms with van der Waals surface area (Å²) in [6.07, 6.45) is 1.69. The van der Waals surface area contributed by atoms with Crippen molar-refractivity contribution in [2.24, 2.45) is 5.10 Å². The molecule has 0 aromatic rings. The third-order valence-corrected chi connectivity index (χ3v) is 0.576. The fraction of sp³-hybridized carbons (Fsp3) is 0.333. The molecular formula is C3H6N3Pt-. The van der Waals surface area contributed by atoms with E-state index in [1.165, 1.54) is 0 Å². The van der Waals surface area contributed by atoms with Crippen molar-refractivity contribution in [1.29, 1.82) is 0 Å². The second-order valence-electron chi connectivity index (χ2n) is 1.17. The molecule has 0 saturated carbocycles. The summed E-state index contributed by atoms with van der Waals surface area (Å²) in [5, 5.41) is 3.66. The molecule has 1 N–H and O–H groups in total. The molecule has 1 rings (SSSR count). The molecule has 1 heterocycles. The van der Waals surface area contributed by atoms with E-state index in [0.717, 1.165) is 0 Å². The molecule has 0 fully saturated rings. The molecule has 0 atom stereocenters. The minimum atomic E-state index is 0. The van der Waals surface area contributed by atoms with Gasteiger partial charge in [-0.3, -0.25) is 0 Å².